The SMILES string of the molecule is CCN(C(=O)c1ccnc(Nc2ccc(OC)c(Cl)c2)n1)c1ccccc1. The molecular weight excluding hydrogens is 364 g/mol. The molecule has 7 heteroatoms. The zero-order chi connectivity index (χ0) is 19.2. The van der Waals surface area contributed by atoms with Gasteiger partial charge in [-0.1, -0.05) is 29.8 Å². The normalized spacial score (nSPS) is 10.3. The molecule has 27 heavy (non-hydrogen) atoms. The molecule has 0 radical (unpaired) electrons. The number of hydrogen-bond donors (Lipinski definition) is 1. The highest BCUT2D eigenvalue weighted by atomic mass is 35.5. The molecule has 3 rings (SSSR count). The standard InChI is InChI=1S/C20H19ClN4O2/c1-3-25(15-7-5-4-6-8-15)19(26)17-11-12-22-20(24-17)23-14-9-10-18(27-2)16(21)13-14/h4-13H,3H2,1-2H3,(H,22,23,24). The lowest BCUT2D eigenvalue weighted by Crippen LogP contribution is -2.31. The molecule has 0 fully saturated rings. The van der Waals surface area contributed by atoms with Gasteiger partial charge in [0.05, 0.1) is 12.1 Å². The van der Waals surface area contributed by atoms with Gasteiger partial charge in [0.2, 0.25) is 5.95 Å². The van der Waals surface area contributed by atoms with Gasteiger partial charge < -0.3 is 15.0 Å². The van der Waals surface area contributed by atoms with Crippen LogP contribution >= 0.6 is 11.6 Å². The number of aromatic nitrogens is 2. The second kappa shape index (κ2) is 8.51. The van der Waals surface area contributed by atoms with Crippen molar-refractivity contribution in [3.63, 3.8) is 0 Å². The summed E-state index contributed by atoms with van der Waals surface area (Å²) in [5.74, 6) is 0.696. The summed E-state index contributed by atoms with van der Waals surface area (Å²) in [6.07, 6.45) is 1.55. The minimum Gasteiger partial charge on any atom is -0.495 e. The van der Waals surface area contributed by atoms with Gasteiger partial charge in [0.1, 0.15) is 11.4 Å². The Morgan fingerprint density at radius 3 is 2.63 bits per heavy atom. The van der Waals surface area contributed by atoms with E-state index in [9.17, 15) is 4.79 Å². The van der Waals surface area contributed by atoms with Crippen molar-refractivity contribution in [1.82, 2.24) is 9.97 Å². The average molecular weight is 383 g/mol. The first-order valence-electron chi connectivity index (χ1n) is 8.43. The quantitative estimate of drug-likeness (QED) is 0.677. The fourth-order valence-electron chi connectivity index (χ4n) is 2.60. The Kier molecular flexibility index (Phi) is 5.88. The van der Waals surface area contributed by atoms with Crippen molar-refractivity contribution in [3.8, 4) is 5.75 Å². The molecule has 138 valence electrons. The molecule has 2 aromatic carbocycles. The molecule has 1 heterocycles. The molecule has 0 saturated carbocycles. The Hall–Kier alpha value is -3.12. The summed E-state index contributed by atoms with van der Waals surface area (Å²) in [5.41, 5.74) is 1.82. The Morgan fingerprint density at radius 2 is 1.96 bits per heavy atom. The Labute approximate surface area is 162 Å². The van der Waals surface area contributed by atoms with Gasteiger partial charge in [-0.05, 0) is 43.3 Å². The van der Waals surface area contributed by atoms with Crippen molar-refractivity contribution >= 4 is 34.8 Å². The Morgan fingerprint density at radius 1 is 1.19 bits per heavy atom. The van der Waals surface area contributed by atoms with E-state index in [1.54, 1.807) is 42.5 Å². The monoisotopic (exact) mass is 382 g/mol. The molecule has 0 atom stereocenters. The Balaban J connectivity index is 1.82. The summed E-state index contributed by atoms with van der Waals surface area (Å²) in [6, 6.07) is 16.3. The zero-order valence-electron chi connectivity index (χ0n) is 15.0. The molecule has 0 bridgehead atoms. The van der Waals surface area contributed by atoms with E-state index in [-0.39, 0.29) is 5.91 Å². The van der Waals surface area contributed by atoms with E-state index >= 15 is 0 Å². The topological polar surface area (TPSA) is 67.4 Å². The number of amides is 1. The van der Waals surface area contributed by atoms with E-state index in [0.717, 1.165) is 5.69 Å². The van der Waals surface area contributed by atoms with E-state index in [1.807, 2.05) is 37.3 Å². The molecule has 6 nitrogen and oxygen atoms in total. The maximum atomic E-state index is 12.9. The zero-order valence-corrected chi connectivity index (χ0v) is 15.8. The number of rotatable bonds is 6. The van der Waals surface area contributed by atoms with Crippen molar-refractivity contribution in [1.29, 1.82) is 0 Å². The Bertz CT molecular complexity index is 934. The number of nitrogens with one attached hydrogen (secondary N) is 1. The lowest BCUT2D eigenvalue weighted by atomic mass is 10.2. The van der Waals surface area contributed by atoms with Gasteiger partial charge in [-0.15, -0.1) is 0 Å². The van der Waals surface area contributed by atoms with Gasteiger partial charge in [-0.3, -0.25) is 4.79 Å². The van der Waals surface area contributed by atoms with Gasteiger partial charge in [-0.25, -0.2) is 9.97 Å². The maximum Gasteiger partial charge on any atom is 0.277 e. The van der Waals surface area contributed by atoms with Crippen molar-refractivity contribution < 1.29 is 9.53 Å². The molecule has 0 aliphatic rings. The predicted molar refractivity (Wildman–Crippen MR) is 107 cm³/mol. The summed E-state index contributed by atoms with van der Waals surface area (Å²) >= 11 is 6.14. The third-order valence-corrected chi connectivity index (χ3v) is 4.21. The van der Waals surface area contributed by atoms with E-state index < -0.39 is 0 Å². The van der Waals surface area contributed by atoms with Crippen LogP contribution in [0.25, 0.3) is 0 Å². The van der Waals surface area contributed by atoms with Crippen LogP contribution in [0.1, 0.15) is 17.4 Å². The first-order valence-corrected chi connectivity index (χ1v) is 8.80. The van der Waals surface area contributed by atoms with E-state index in [4.69, 9.17) is 16.3 Å². The summed E-state index contributed by atoms with van der Waals surface area (Å²) < 4.78 is 5.14. The van der Waals surface area contributed by atoms with Crippen LogP contribution < -0.4 is 15.0 Å². The van der Waals surface area contributed by atoms with Crippen molar-refractivity contribution in [3.05, 3.63) is 71.5 Å². The summed E-state index contributed by atoms with van der Waals surface area (Å²) in [4.78, 5) is 23.1. The number of halogens is 1. The largest absolute Gasteiger partial charge is 0.495 e. The van der Waals surface area contributed by atoms with Crippen molar-refractivity contribution in [2.45, 2.75) is 6.92 Å². The number of para-hydroxylation sites is 1. The van der Waals surface area contributed by atoms with Crippen LogP contribution in [0.3, 0.4) is 0 Å². The molecule has 0 spiro atoms. The predicted octanol–water partition coefficient (Wildman–Crippen LogP) is 4.55. The second-order valence-corrected chi connectivity index (χ2v) is 6.03. The lowest BCUT2D eigenvalue weighted by Gasteiger charge is -2.20. The highest BCUT2D eigenvalue weighted by Gasteiger charge is 2.18. The summed E-state index contributed by atoms with van der Waals surface area (Å²) in [7, 11) is 1.55. The number of nitrogens with zero attached hydrogens (tertiary/aromatic N) is 3. The smallest absolute Gasteiger partial charge is 0.277 e. The molecule has 0 aliphatic heterocycles. The van der Waals surface area contributed by atoms with Crippen LogP contribution in [0.15, 0.2) is 60.8 Å². The molecule has 1 aromatic heterocycles. The fourth-order valence-corrected chi connectivity index (χ4v) is 2.86. The van der Waals surface area contributed by atoms with Crippen LogP contribution in [-0.2, 0) is 0 Å². The molecule has 0 unspecified atom stereocenters. The van der Waals surface area contributed by atoms with Crippen LogP contribution in [0.5, 0.6) is 5.75 Å². The molecule has 0 aliphatic carbocycles. The number of anilines is 3. The number of hydrogen-bond acceptors (Lipinski definition) is 5. The molecule has 1 N–H and O–H groups in total. The molecular formula is C20H19ClN4O2. The van der Waals surface area contributed by atoms with Crippen LogP contribution in [0, 0.1) is 0 Å². The first kappa shape index (κ1) is 18.7. The molecule has 3 aromatic rings. The number of benzene rings is 2. The van der Waals surface area contributed by atoms with Crippen LogP contribution in [-0.4, -0.2) is 29.5 Å². The van der Waals surface area contributed by atoms with Gasteiger partial charge >= 0.3 is 0 Å². The maximum absolute atomic E-state index is 12.9. The number of ether oxygens (including phenoxy) is 1. The number of methoxy groups -OCH3 is 1. The van der Waals surface area contributed by atoms with Gasteiger partial charge in [-0.2, -0.15) is 0 Å². The van der Waals surface area contributed by atoms with Gasteiger partial charge in [0.25, 0.3) is 5.91 Å². The molecule has 1 amide bonds. The number of carbonyl (C=O) groups is 1. The summed E-state index contributed by atoms with van der Waals surface area (Å²) in [5, 5.41) is 3.52. The third kappa shape index (κ3) is 4.35. The van der Waals surface area contributed by atoms with Crippen LogP contribution in [0.2, 0.25) is 5.02 Å². The minimum atomic E-state index is -0.193. The third-order valence-electron chi connectivity index (χ3n) is 3.91. The first-order chi connectivity index (χ1) is 13.1. The van der Waals surface area contributed by atoms with Gasteiger partial charge in [0, 0.05) is 24.1 Å². The lowest BCUT2D eigenvalue weighted by molar-refractivity contribution is 0.0983. The summed E-state index contributed by atoms with van der Waals surface area (Å²) in [6.45, 7) is 2.45. The van der Waals surface area contributed by atoms with E-state index in [1.165, 1.54) is 0 Å². The van der Waals surface area contributed by atoms with Crippen molar-refractivity contribution in [2.24, 2.45) is 0 Å². The number of carbonyl (C=O) groups excluding carboxylic acids is 1. The highest BCUT2D eigenvalue weighted by Crippen LogP contribution is 2.28. The van der Waals surface area contributed by atoms with Crippen molar-refractivity contribution in [2.75, 3.05) is 23.9 Å². The van der Waals surface area contributed by atoms with E-state index in [0.29, 0.717) is 34.6 Å². The second-order valence-electron chi connectivity index (χ2n) is 5.62. The van der Waals surface area contributed by atoms with Gasteiger partial charge in [0.15, 0.2) is 0 Å². The molecule has 0 saturated heterocycles. The van der Waals surface area contributed by atoms with Crippen LogP contribution in [0.4, 0.5) is 17.3 Å². The average Bonchev–Trinajstić information content (AvgIpc) is 2.70. The fraction of sp³-hybridized carbons (Fsp3) is 0.150. The highest BCUT2D eigenvalue weighted by molar-refractivity contribution is 6.32. The van der Waals surface area contributed by atoms with E-state index in [2.05, 4.69) is 15.3 Å². The minimum absolute atomic E-state index is 0.193.